The van der Waals surface area contributed by atoms with Crippen LogP contribution in [0.5, 0.6) is 5.75 Å². The van der Waals surface area contributed by atoms with Crippen molar-refractivity contribution in [1.29, 1.82) is 0 Å². The van der Waals surface area contributed by atoms with E-state index in [1.54, 1.807) is 0 Å². The van der Waals surface area contributed by atoms with Gasteiger partial charge in [-0.1, -0.05) is 6.08 Å². The molecule has 5 heteroatoms. The van der Waals surface area contributed by atoms with E-state index in [9.17, 15) is 10.1 Å². The minimum Gasteiger partial charge on any atom is -0.488 e. The number of non-ortho nitro benzene ring substituents is 1. The summed E-state index contributed by atoms with van der Waals surface area (Å²) in [5.41, 5.74) is 0.795. The van der Waals surface area contributed by atoms with Crippen molar-refractivity contribution >= 4 is 27.7 Å². The van der Waals surface area contributed by atoms with E-state index in [1.165, 1.54) is 12.1 Å². The number of hydrogen-bond acceptors (Lipinski definition) is 3. The van der Waals surface area contributed by atoms with Crippen molar-refractivity contribution in [2.75, 3.05) is 6.61 Å². The second-order valence-corrected chi connectivity index (χ2v) is 3.67. The molecule has 0 saturated heterocycles. The molecule has 1 aromatic rings. The summed E-state index contributed by atoms with van der Waals surface area (Å²) < 4.78 is 5.95. The molecule has 14 heavy (non-hydrogen) atoms. The van der Waals surface area contributed by atoms with Gasteiger partial charge in [-0.2, -0.15) is 0 Å². The van der Waals surface area contributed by atoms with Crippen LogP contribution in [-0.4, -0.2) is 11.5 Å². The lowest BCUT2D eigenvalue weighted by atomic mass is 10.1. The standard InChI is InChI=1S/C9H6BrNO3/c10-8-5-7(11(12)13)4-6-2-1-3-14-9(6)8/h1-2,4-5H,3H2. The molecule has 0 atom stereocenters. The van der Waals surface area contributed by atoms with Crippen LogP contribution in [0.1, 0.15) is 5.56 Å². The first-order valence-electron chi connectivity index (χ1n) is 3.96. The van der Waals surface area contributed by atoms with Crippen LogP contribution in [0.2, 0.25) is 0 Å². The van der Waals surface area contributed by atoms with E-state index in [4.69, 9.17) is 4.74 Å². The number of fused-ring (bicyclic) bond motifs is 1. The van der Waals surface area contributed by atoms with Crippen molar-refractivity contribution in [3.8, 4) is 5.75 Å². The Kier molecular flexibility index (Phi) is 2.25. The average molecular weight is 256 g/mol. The van der Waals surface area contributed by atoms with Gasteiger partial charge in [0, 0.05) is 17.7 Å². The molecule has 1 heterocycles. The summed E-state index contributed by atoms with van der Waals surface area (Å²) in [6, 6.07) is 2.94. The van der Waals surface area contributed by atoms with Crippen molar-refractivity contribution in [1.82, 2.24) is 0 Å². The van der Waals surface area contributed by atoms with Crippen molar-refractivity contribution < 1.29 is 9.66 Å². The van der Waals surface area contributed by atoms with Gasteiger partial charge in [0.05, 0.1) is 9.40 Å². The SMILES string of the molecule is O=[N+]([O-])c1cc(Br)c2c(c1)C=CCO2. The summed E-state index contributed by atoms with van der Waals surface area (Å²) in [5, 5.41) is 10.6. The maximum atomic E-state index is 10.6. The first-order valence-corrected chi connectivity index (χ1v) is 4.75. The number of nitro groups is 1. The Morgan fingerprint density at radius 2 is 2.29 bits per heavy atom. The number of rotatable bonds is 1. The lowest BCUT2D eigenvalue weighted by Gasteiger charge is -2.13. The minimum absolute atomic E-state index is 0.0609. The third kappa shape index (κ3) is 1.50. The van der Waals surface area contributed by atoms with E-state index in [0.717, 1.165) is 5.56 Å². The monoisotopic (exact) mass is 255 g/mol. The molecule has 0 radical (unpaired) electrons. The Balaban J connectivity index is 2.59. The van der Waals surface area contributed by atoms with Gasteiger partial charge in [-0.05, 0) is 22.0 Å². The maximum absolute atomic E-state index is 10.6. The maximum Gasteiger partial charge on any atom is 0.271 e. The molecule has 2 rings (SSSR count). The highest BCUT2D eigenvalue weighted by molar-refractivity contribution is 9.10. The predicted molar refractivity (Wildman–Crippen MR) is 55.3 cm³/mol. The van der Waals surface area contributed by atoms with Crippen LogP contribution in [-0.2, 0) is 0 Å². The normalized spacial score (nSPS) is 13.2. The quantitative estimate of drug-likeness (QED) is 0.573. The van der Waals surface area contributed by atoms with Gasteiger partial charge in [0.25, 0.3) is 5.69 Å². The van der Waals surface area contributed by atoms with E-state index < -0.39 is 4.92 Å². The topological polar surface area (TPSA) is 52.4 Å². The third-order valence-corrected chi connectivity index (χ3v) is 2.48. The van der Waals surface area contributed by atoms with Crippen molar-refractivity contribution in [3.63, 3.8) is 0 Å². The number of nitrogens with zero attached hydrogens (tertiary/aromatic N) is 1. The Hall–Kier alpha value is -1.36. The van der Waals surface area contributed by atoms with Crippen LogP contribution in [0.25, 0.3) is 6.08 Å². The fourth-order valence-electron chi connectivity index (χ4n) is 1.29. The lowest BCUT2D eigenvalue weighted by Crippen LogP contribution is -2.01. The van der Waals surface area contributed by atoms with E-state index in [0.29, 0.717) is 16.8 Å². The number of ether oxygens (including phenoxy) is 1. The molecule has 0 unspecified atom stereocenters. The Labute approximate surface area is 88.5 Å². The third-order valence-electron chi connectivity index (χ3n) is 1.89. The molecule has 0 amide bonds. The van der Waals surface area contributed by atoms with Crippen LogP contribution in [0.15, 0.2) is 22.7 Å². The molecular formula is C9H6BrNO3. The molecule has 1 aliphatic heterocycles. The molecule has 0 fully saturated rings. The van der Waals surface area contributed by atoms with Crippen LogP contribution in [0, 0.1) is 10.1 Å². The smallest absolute Gasteiger partial charge is 0.271 e. The number of nitro benzene ring substituents is 1. The second kappa shape index (κ2) is 3.42. The summed E-state index contributed by atoms with van der Waals surface area (Å²) in [7, 11) is 0. The highest BCUT2D eigenvalue weighted by atomic mass is 79.9. The van der Waals surface area contributed by atoms with Crippen LogP contribution >= 0.6 is 15.9 Å². The van der Waals surface area contributed by atoms with E-state index >= 15 is 0 Å². The molecule has 0 aromatic heterocycles. The van der Waals surface area contributed by atoms with Gasteiger partial charge >= 0.3 is 0 Å². The van der Waals surface area contributed by atoms with Gasteiger partial charge in [0.2, 0.25) is 0 Å². The summed E-state index contributed by atoms with van der Waals surface area (Å²) in [6.45, 7) is 0.503. The molecular weight excluding hydrogens is 250 g/mol. The van der Waals surface area contributed by atoms with Gasteiger partial charge < -0.3 is 4.74 Å². The molecule has 0 saturated carbocycles. The Morgan fingerprint density at radius 3 is 3.00 bits per heavy atom. The zero-order valence-electron chi connectivity index (χ0n) is 7.07. The van der Waals surface area contributed by atoms with Gasteiger partial charge in [-0.3, -0.25) is 10.1 Å². The average Bonchev–Trinajstić information content (AvgIpc) is 2.17. The van der Waals surface area contributed by atoms with Gasteiger partial charge in [-0.25, -0.2) is 0 Å². The molecule has 1 aliphatic rings. The lowest BCUT2D eigenvalue weighted by molar-refractivity contribution is -0.385. The predicted octanol–water partition coefficient (Wildman–Crippen LogP) is 2.76. The summed E-state index contributed by atoms with van der Waals surface area (Å²) in [4.78, 5) is 10.1. The van der Waals surface area contributed by atoms with Crippen LogP contribution < -0.4 is 4.74 Å². The zero-order valence-corrected chi connectivity index (χ0v) is 8.65. The molecule has 0 spiro atoms. The van der Waals surface area contributed by atoms with E-state index in [-0.39, 0.29) is 5.69 Å². The molecule has 0 bridgehead atoms. The Bertz CT molecular complexity index is 428. The minimum atomic E-state index is -0.423. The molecule has 1 aromatic carbocycles. The fourth-order valence-corrected chi connectivity index (χ4v) is 1.87. The van der Waals surface area contributed by atoms with Gasteiger partial charge in [0.15, 0.2) is 0 Å². The highest BCUT2D eigenvalue weighted by Crippen LogP contribution is 2.35. The zero-order chi connectivity index (χ0) is 10.1. The molecule has 4 nitrogen and oxygen atoms in total. The van der Waals surface area contributed by atoms with Crippen LogP contribution in [0.4, 0.5) is 5.69 Å². The van der Waals surface area contributed by atoms with Gasteiger partial charge in [0.1, 0.15) is 12.4 Å². The molecule has 0 N–H and O–H groups in total. The molecule has 72 valence electrons. The summed E-state index contributed by atoms with van der Waals surface area (Å²) >= 11 is 3.24. The first-order chi connectivity index (χ1) is 6.68. The van der Waals surface area contributed by atoms with E-state index in [1.807, 2.05) is 12.2 Å². The number of benzene rings is 1. The first kappa shape index (κ1) is 9.21. The fraction of sp³-hybridized carbons (Fsp3) is 0.111. The van der Waals surface area contributed by atoms with Crippen LogP contribution in [0.3, 0.4) is 0 Å². The van der Waals surface area contributed by atoms with Crippen molar-refractivity contribution in [3.05, 3.63) is 38.4 Å². The number of hydrogen-bond donors (Lipinski definition) is 0. The molecule has 0 aliphatic carbocycles. The Morgan fingerprint density at radius 1 is 1.50 bits per heavy atom. The van der Waals surface area contributed by atoms with Crippen molar-refractivity contribution in [2.45, 2.75) is 0 Å². The highest BCUT2D eigenvalue weighted by Gasteiger charge is 2.16. The largest absolute Gasteiger partial charge is 0.488 e. The summed E-state index contributed by atoms with van der Waals surface area (Å²) in [6.07, 6.45) is 3.63. The van der Waals surface area contributed by atoms with Gasteiger partial charge in [-0.15, -0.1) is 0 Å². The second-order valence-electron chi connectivity index (χ2n) is 2.82. The number of halogens is 1. The van der Waals surface area contributed by atoms with Crippen molar-refractivity contribution in [2.24, 2.45) is 0 Å². The summed E-state index contributed by atoms with van der Waals surface area (Å²) in [5.74, 6) is 0.665. The van der Waals surface area contributed by atoms with E-state index in [2.05, 4.69) is 15.9 Å².